The molecule has 0 unspecified atom stereocenters. The molecular weight excluding hydrogens is 186 g/mol. The van der Waals surface area contributed by atoms with Crippen molar-refractivity contribution in [2.75, 3.05) is 0 Å². The summed E-state index contributed by atoms with van der Waals surface area (Å²) >= 11 is 0. The van der Waals surface area contributed by atoms with Crippen LogP contribution in [0.1, 0.15) is 53.4 Å². The van der Waals surface area contributed by atoms with Crippen LogP contribution in [0.3, 0.4) is 0 Å². The molecule has 86 valence electrons. The van der Waals surface area contributed by atoms with Crippen molar-refractivity contribution in [1.82, 2.24) is 4.90 Å². The van der Waals surface area contributed by atoms with Crippen molar-refractivity contribution in [2.24, 2.45) is 5.92 Å². The summed E-state index contributed by atoms with van der Waals surface area (Å²) in [6.07, 6.45) is 4.96. The number of hydrogen-bond acceptors (Lipinski definition) is 2. The maximum Gasteiger partial charge on any atom is 0.152 e. The highest BCUT2D eigenvalue weighted by molar-refractivity contribution is 5.86. The molecule has 15 heavy (non-hydrogen) atoms. The predicted molar refractivity (Wildman–Crippen MR) is 61.8 cm³/mol. The van der Waals surface area contributed by atoms with E-state index in [0.717, 1.165) is 6.42 Å². The summed E-state index contributed by atoms with van der Waals surface area (Å²) in [5.41, 5.74) is 0.434. The lowest BCUT2D eigenvalue weighted by Gasteiger charge is -2.34. The number of carbonyl (C=O) groups excluding carboxylic acids is 1. The lowest BCUT2D eigenvalue weighted by molar-refractivity contribution is -0.127. The van der Waals surface area contributed by atoms with Crippen LogP contribution in [0.4, 0.5) is 0 Å². The molecule has 0 bridgehead atoms. The molecule has 0 aromatic rings. The van der Waals surface area contributed by atoms with Crippen LogP contribution in [0.15, 0.2) is 0 Å². The quantitative estimate of drug-likeness (QED) is 0.712. The van der Waals surface area contributed by atoms with Gasteiger partial charge in [0.25, 0.3) is 0 Å². The predicted octanol–water partition coefficient (Wildman–Crippen LogP) is 2.62. The number of likely N-dealkylation sites (tertiary alicyclic amines) is 1. The summed E-state index contributed by atoms with van der Waals surface area (Å²) in [6, 6.07) is 0.732. The average Bonchev–Trinajstić information content (AvgIpc) is 2.77. The second-order valence-corrected chi connectivity index (χ2v) is 5.84. The first-order chi connectivity index (χ1) is 6.98. The van der Waals surface area contributed by atoms with Gasteiger partial charge in [0.15, 0.2) is 5.78 Å². The molecule has 1 saturated heterocycles. The lowest BCUT2D eigenvalue weighted by atomic mass is 9.99. The molecule has 1 atom stereocenters. The van der Waals surface area contributed by atoms with Gasteiger partial charge in [0.2, 0.25) is 0 Å². The Morgan fingerprint density at radius 2 is 1.80 bits per heavy atom. The van der Waals surface area contributed by atoms with Crippen LogP contribution in [0.5, 0.6) is 0 Å². The Morgan fingerprint density at radius 3 is 2.20 bits per heavy atom. The third kappa shape index (κ3) is 1.73. The Kier molecular flexibility index (Phi) is 2.66. The van der Waals surface area contributed by atoms with Crippen molar-refractivity contribution in [3.8, 4) is 0 Å². The molecule has 2 heteroatoms. The average molecular weight is 209 g/mol. The van der Waals surface area contributed by atoms with Gasteiger partial charge < -0.3 is 0 Å². The molecule has 1 aliphatic heterocycles. The SMILES string of the molecule is CC(C)C(=O)[C@@H]1CCC2(CC2)N1C(C)C. The topological polar surface area (TPSA) is 20.3 Å². The van der Waals surface area contributed by atoms with Crippen LogP contribution in [0.25, 0.3) is 0 Å². The van der Waals surface area contributed by atoms with Crippen LogP contribution < -0.4 is 0 Å². The van der Waals surface area contributed by atoms with Gasteiger partial charge in [0.05, 0.1) is 6.04 Å². The summed E-state index contributed by atoms with van der Waals surface area (Å²) in [5.74, 6) is 0.637. The van der Waals surface area contributed by atoms with Crippen molar-refractivity contribution in [3.63, 3.8) is 0 Å². The molecule has 2 nitrogen and oxygen atoms in total. The van der Waals surface area contributed by atoms with E-state index in [1.807, 2.05) is 13.8 Å². The molecule has 2 aliphatic rings. The fraction of sp³-hybridized carbons (Fsp3) is 0.923. The minimum Gasteiger partial charge on any atom is -0.298 e. The number of carbonyl (C=O) groups is 1. The molecule has 0 aromatic carbocycles. The highest BCUT2D eigenvalue weighted by atomic mass is 16.1. The van der Waals surface area contributed by atoms with Crippen molar-refractivity contribution in [2.45, 2.75) is 71.0 Å². The Labute approximate surface area is 93.0 Å². The Bertz CT molecular complexity index is 266. The summed E-state index contributed by atoms with van der Waals surface area (Å²) in [4.78, 5) is 14.6. The van der Waals surface area contributed by atoms with E-state index >= 15 is 0 Å². The largest absolute Gasteiger partial charge is 0.298 e. The maximum atomic E-state index is 12.1. The maximum absolute atomic E-state index is 12.1. The minimum atomic E-state index is 0.185. The zero-order chi connectivity index (χ0) is 11.2. The van der Waals surface area contributed by atoms with E-state index in [4.69, 9.17) is 0 Å². The Balaban J connectivity index is 2.16. The zero-order valence-electron chi connectivity index (χ0n) is 10.4. The number of Topliss-reactive ketones (excluding diaryl/α,β-unsaturated/α-hetero) is 1. The fourth-order valence-electron chi connectivity index (χ4n) is 3.23. The van der Waals surface area contributed by atoms with Gasteiger partial charge in [0, 0.05) is 17.5 Å². The number of rotatable bonds is 3. The molecule has 1 heterocycles. The molecule has 2 rings (SSSR count). The first-order valence-corrected chi connectivity index (χ1v) is 6.30. The summed E-state index contributed by atoms with van der Waals surface area (Å²) in [6.45, 7) is 8.51. The van der Waals surface area contributed by atoms with E-state index in [-0.39, 0.29) is 12.0 Å². The van der Waals surface area contributed by atoms with Crippen molar-refractivity contribution >= 4 is 5.78 Å². The van der Waals surface area contributed by atoms with E-state index in [9.17, 15) is 4.79 Å². The van der Waals surface area contributed by atoms with Gasteiger partial charge in [-0.1, -0.05) is 13.8 Å². The zero-order valence-corrected chi connectivity index (χ0v) is 10.4. The highest BCUT2D eigenvalue weighted by Gasteiger charge is 2.56. The summed E-state index contributed by atoms with van der Waals surface area (Å²) < 4.78 is 0. The van der Waals surface area contributed by atoms with Crippen LogP contribution in [0, 0.1) is 5.92 Å². The van der Waals surface area contributed by atoms with Gasteiger partial charge >= 0.3 is 0 Å². The monoisotopic (exact) mass is 209 g/mol. The molecule has 1 saturated carbocycles. The lowest BCUT2D eigenvalue weighted by Crippen LogP contribution is -2.47. The minimum absolute atomic E-state index is 0.185. The first kappa shape index (κ1) is 11.1. The molecule has 0 N–H and O–H groups in total. The van der Waals surface area contributed by atoms with Crippen LogP contribution in [-0.4, -0.2) is 28.3 Å². The van der Waals surface area contributed by atoms with Gasteiger partial charge in [0.1, 0.15) is 0 Å². The van der Waals surface area contributed by atoms with Gasteiger partial charge in [-0.3, -0.25) is 9.69 Å². The van der Waals surface area contributed by atoms with E-state index < -0.39 is 0 Å². The molecule has 0 radical (unpaired) electrons. The third-order valence-corrected chi connectivity index (χ3v) is 4.05. The molecule has 1 aliphatic carbocycles. The molecule has 0 amide bonds. The molecule has 1 spiro atoms. The van der Waals surface area contributed by atoms with E-state index in [1.54, 1.807) is 0 Å². The van der Waals surface area contributed by atoms with Gasteiger partial charge in [-0.15, -0.1) is 0 Å². The summed E-state index contributed by atoms with van der Waals surface area (Å²) in [7, 11) is 0. The molecule has 0 aromatic heterocycles. The van der Waals surface area contributed by atoms with Crippen molar-refractivity contribution in [3.05, 3.63) is 0 Å². The van der Waals surface area contributed by atoms with Gasteiger partial charge in [-0.05, 0) is 39.5 Å². The van der Waals surface area contributed by atoms with Crippen LogP contribution in [-0.2, 0) is 4.79 Å². The van der Waals surface area contributed by atoms with Crippen molar-refractivity contribution in [1.29, 1.82) is 0 Å². The number of hydrogen-bond donors (Lipinski definition) is 0. The number of ketones is 1. The van der Waals surface area contributed by atoms with E-state index in [0.29, 0.717) is 17.4 Å². The Morgan fingerprint density at radius 1 is 1.20 bits per heavy atom. The van der Waals surface area contributed by atoms with E-state index in [1.165, 1.54) is 19.3 Å². The van der Waals surface area contributed by atoms with Gasteiger partial charge in [-0.25, -0.2) is 0 Å². The molecule has 2 fully saturated rings. The standard InChI is InChI=1S/C13H23NO/c1-9(2)12(15)11-5-6-13(7-8-13)14(11)10(3)4/h9-11H,5-8H2,1-4H3/t11-/m0/s1. The second kappa shape index (κ2) is 3.58. The van der Waals surface area contributed by atoms with Crippen molar-refractivity contribution < 1.29 is 4.79 Å². The van der Waals surface area contributed by atoms with Gasteiger partial charge in [-0.2, -0.15) is 0 Å². The smallest absolute Gasteiger partial charge is 0.152 e. The summed E-state index contributed by atoms with van der Waals surface area (Å²) in [5, 5.41) is 0. The van der Waals surface area contributed by atoms with E-state index in [2.05, 4.69) is 18.7 Å². The highest BCUT2D eigenvalue weighted by Crippen LogP contribution is 2.53. The second-order valence-electron chi connectivity index (χ2n) is 5.84. The third-order valence-electron chi connectivity index (χ3n) is 4.05. The first-order valence-electron chi connectivity index (χ1n) is 6.30. The molecular formula is C13H23NO. The van der Waals surface area contributed by atoms with Crippen LogP contribution in [0.2, 0.25) is 0 Å². The Hall–Kier alpha value is -0.370. The number of nitrogens with zero attached hydrogens (tertiary/aromatic N) is 1. The fourth-order valence-corrected chi connectivity index (χ4v) is 3.23. The van der Waals surface area contributed by atoms with Crippen LogP contribution >= 0.6 is 0 Å². The normalized spacial score (nSPS) is 29.3.